The van der Waals surface area contributed by atoms with E-state index < -0.39 is 0 Å². The molecule has 94 valence electrons. The number of anilines is 1. The van der Waals surface area contributed by atoms with Gasteiger partial charge in [0.15, 0.2) is 0 Å². The van der Waals surface area contributed by atoms with E-state index in [1.54, 1.807) is 0 Å². The summed E-state index contributed by atoms with van der Waals surface area (Å²) in [7, 11) is 0. The number of nitrogens with two attached hydrogens (primary N) is 1. The second-order valence-electron chi connectivity index (χ2n) is 4.97. The van der Waals surface area contributed by atoms with E-state index in [4.69, 9.17) is 10.5 Å². The molecule has 0 spiro atoms. The van der Waals surface area contributed by atoms with Crippen LogP contribution in [0.2, 0.25) is 0 Å². The third-order valence-corrected chi connectivity index (χ3v) is 3.18. The number of nitrogen functional groups attached to an aromatic ring is 1. The normalized spacial score (nSPS) is 16.2. The predicted octanol–water partition coefficient (Wildman–Crippen LogP) is 2.05. The van der Waals surface area contributed by atoms with Crippen LogP contribution in [-0.4, -0.2) is 30.7 Å². The van der Waals surface area contributed by atoms with Gasteiger partial charge in [-0.25, -0.2) is 0 Å². The topological polar surface area (TPSA) is 38.5 Å². The minimum absolute atomic E-state index is 0.322. The van der Waals surface area contributed by atoms with E-state index in [1.807, 2.05) is 6.07 Å². The highest BCUT2D eigenvalue weighted by Gasteiger charge is 2.15. The van der Waals surface area contributed by atoms with Crippen molar-refractivity contribution >= 4 is 5.69 Å². The molecule has 3 nitrogen and oxygen atoms in total. The van der Waals surface area contributed by atoms with Crippen molar-refractivity contribution in [3.63, 3.8) is 0 Å². The summed E-state index contributed by atoms with van der Waals surface area (Å²) < 4.78 is 5.59. The molecule has 1 aliphatic heterocycles. The molecule has 2 rings (SSSR count). The number of nitrogens with zero attached hydrogens (tertiary/aromatic N) is 1. The fourth-order valence-electron chi connectivity index (χ4n) is 2.24. The highest BCUT2D eigenvalue weighted by atomic mass is 16.5. The minimum Gasteiger partial charge on any atom is -0.399 e. The Morgan fingerprint density at radius 3 is 2.94 bits per heavy atom. The molecule has 3 heteroatoms. The largest absolute Gasteiger partial charge is 0.399 e. The van der Waals surface area contributed by atoms with Crippen LogP contribution in [-0.2, 0) is 17.7 Å². The fraction of sp³-hybridized carbons (Fsp3) is 0.571. The summed E-state index contributed by atoms with van der Waals surface area (Å²) >= 11 is 0. The summed E-state index contributed by atoms with van der Waals surface area (Å²) in [5.41, 5.74) is 9.51. The molecule has 1 aliphatic rings. The zero-order valence-electron chi connectivity index (χ0n) is 10.8. The quantitative estimate of drug-likeness (QED) is 0.810. The summed E-state index contributed by atoms with van der Waals surface area (Å²) in [5.74, 6) is 0. The molecule has 17 heavy (non-hydrogen) atoms. The standard InChI is InChI=1S/C14H22N2O/c1-11(2)17-8-7-16-6-5-12-3-4-14(15)9-13(12)10-16/h3-4,9,11H,5-8,10,15H2,1-2H3. The maximum Gasteiger partial charge on any atom is 0.0597 e. The molecule has 2 N–H and O–H groups in total. The molecule has 1 aromatic carbocycles. The van der Waals surface area contributed by atoms with Gasteiger partial charge in [0.25, 0.3) is 0 Å². The molecule has 0 bridgehead atoms. The Labute approximate surface area is 104 Å². The van der Waals surface area contributed by atoms with Crippen molar-refractivity contribution in [2.24, 2.45) is 0 Å². The van der Waals surface area contributed by atoms with Gasteiger partial charge in [0, 0.05) is 25.3 Å². The van der Waals surface area contributed by atoms with Crippen molar-refractivity contribution in [3.05, 3.63) is 29.3 Å². The van der Waals surface area contributed by atoms with Gasteiger partial charge in [-0.2, -0.15) is 0 Å². The van der Waals surface area contributed by atoms with E-state index in [9.17, 15) is 0 Å². The Balaban J connectivity index is 1.89. The lowest BCUT2D eigenvalue weighted by molar-refractivity contribution is 0.0563. The number of rotatable bonds is 4. The average Bonchev–Trinajstić information content (AvgIpc) is 2.28. The molecular formula is C14H22N2O. The molecule has 0 amide bonds. The zero-order valence-corrected chi connectivity index (χ0v) is 10.8. The minimum atomic E-state index is 0.322. The number of hydrogen-bond acceptors (Lipinski definition) is 3. The van der Waals surface area contributed by atoms with Gasteiger partial charge in [-0.3, -0.25) is 4.90 Å². The molecule has 0 saturated carbocycles. The Kier molecular flexibility index (Phi) is 4.02. The van der Waals surface area contributed by atoms with Crippen molar-refractivity contribution in [3.8, 4) is 0 Å². The van der Waals surface area contributed by atoms with Crippen molar-refractivity contribution in [1.82, 2.24) is 4.90 Å². The molecule has 1 heterocycles. The van der Waals surface area contributed by atoms with E-state index in [2.05, 4.69) is 30.9 Å². The summed E-state index contributed by atoms with van der Waals surface area (Å²) in [6.07, 6.45) is 1.44. The third kappa shape index (κ3) is 3.45. The number of ether oxygens (including phenoxy) is 1. The second kappa shape index (κ2) is 5.52. The van der Waals surface area contributed by atoms with Crippen LogP contribution >= 0.6 is 0 Å². The Bertz CT molecular complexity index is 376. The van der Waals surface area contributed by atoms with Crippen LogP contribution in [0.1, 0.15) is 25.0 Å². The Hall–Kier alpha value is -1.06. The van der Waals surface area contributed by atoms with Crippen LogP contribution in [0.5, 0.6) is 0 Å². The van der Waals surface area contributed by atoms with Crippen molar-refractivity contribution in [1.29, 1.82) is 0 Å². The van der Waals surface area contributed by atoms with E-state index >= 15 is 0 Å². The maximum atomic E-state index is 5.82. The molecule has 0 aromatic heterocycles. The van der Waals surface area contributed by atoms with Crippen LogP contribution in [0.25, 0.3) is 0 Å². The van der Waals surface area contributed by atoms with Crippen LogP contribution in [0.4, 0.5) is 5.69 Å². The molecule has 0 saturated heterocycles. The fourth-order valence-corrected chi connectivity index (χ4v) is 2.24. The van der Waals surface area contributed by atoms with Crippen LogP contribution in [0.3, 0.4) is 0 Å². The second-order valence-corrected chi connectivity index (χ2v) is 4.97. The van der Waals surface area contributed by atoms with Gasteiger partial charge in [0.1, 0.15) is 0 Å². The van der Waals surface area contributed by atoms with Crippen LogP contribution in [0, 0.1) is 0 Å². The van der Waals surface area contributed by atoms with Crippen molar-refractivity contribution in [2.45, 2.75) is 32.9 Å². The van der Waals surface area contributed by atoms with Gasteiger partial charge in [0.2, 0.25) is 0 Å². The molecule has 0 atom stereocenters. The van der Waals surface area contributed by atoms with E-state index in [-0.39, 0.29) is 0 Å². The third-order valence-electron chi connectivity index (χ3n) is 3.18. The molecule has 1 aromatic rings. The first-order valence-electron chi connectivity index (χ1n) is 6.36. The molecule has 0 unspecified atom stereocenters. The van der Waals surface area contributed by atoms with Gasteiger partial charge >= 0.3 is 0 Å². The van der Waals surface area contributed by atoms with Gasteiger partial charge in [-0.05, 0) is 43.5 Å². The first-order chi connectivity index (χ1) is 8.15. The van der Waals surface area contributed by atoms with E-state index in [0.29, 0.717) is 6.10 Å². The number of fused-ring (bicyclic) bond motifs is 1. The summed E-state index contributed by atoms with van der Waals surface area (Å²) in [6.45, 7) is 8.10. The molecule has 0 fully saturated rings. The Morgan fingerprint density at radius 1 is 1.35 bits per heavy atom. The first-order valence-corrected chi connectivity index (χ1v) is 6.36. The molecule has 0 aliphatic carbocycles. The lowest BCUT2D eigenvalue weighted by atomic mass is 9.99. The smallest absolute Gasteiger partial charge is 0.0597 e. The summed E-state index contributed by atoms with van der Waals surface area (Å²) in [4.78, 5) is 2.43. The summed E-state index contributed by atoms with van der Waals surface area (Å²) in [5, 5.41) is 0. The Morgan fingerprint density at radius 2 is 2.18 bits per heavy atom. The van der Waals surface area contributed by atoms with Gasteiger partial charge in [-0.15, -0.1) is 0 Å². The SMILES string of the molecule is CC(C)OCCN1CCc2ccc(N)cc2C1. The first kappa shape index (κ1) is 12.4. The van der Waals surface area contributed by atoms with Crippen LogP contribution in [0.15, 0.2) is 18.2 Å². The molecular weight excluding hydrogens is 212 g/mol. The molecule has 0 radical (unpaired) electrons. The van der Waals surface area contributed by atoms with Crippen molar-refractivity contribution in [2.75, 3.05) is 25.4 Å². The monoisotopic (exact) mass is 234 g/mol. The highest BCUT2D eigenvalue weighted by Crippen LogP contribution is 2.21. The van der Waals surface area contributed by atoms with E-state index in [0.717, 1.165) is 38.3 Å². The highest BCUT2D eigenvalue weighted by molar-refractivity contribution is 5.45. The number of hydrogen-bond donors (Lipinski definition) is 1. The lowest BCUT2D eigenvalue weighted by Gasteiger charge is -2.29. The van der Waals surface area contributed by atoms with E-state index in [1.165, 1.54) is 11.1 Å². The predicted molar refractivity (Wildman–Crippen MR) is 70.9 cm³/mol. The van der Waals surface area contributed by atoms with Gasteiger partial charge in [-0.1, -0.05) is 6.07 Å². The maximum absolute atomic E-state index is 5.82. The lowest BCUT2D eigenvalue weighted by Crippen LogP contribution is -2.33. The average molecular weight is 234 g/mol. The zero-order chi connectivity index (χ0) is 12.3. The summed E-state index contributed by atoms with van der Waals surface area (Å²) in [6, 6.07) is 6.26. The van der Waals surface area contributed by atoms with Gasteiger partial charge in [0.05, 0.1) is 12.7 Å². The van der Waals surface area contributed by atoms with Gasteiger partial charge < -0.3 is 10.5 Å². The van der Waals surface area contributed by atoms with Crippen molar-refractivity contribution < 1.29 is 4.74 Å². The van der Waals surface area contributed by atoms with Crippen LogP contribution < -0.4 is 5.73 Å². The number of benzene rings is 1.